The lowest BCUT2D eigenvalue weighted by molar-refractivity contribution is 0.103. The summed E-state index contributed by atoms with van der Waals surface area (Å²) in [7, 11) is 0. The van der Waals surface area contributed by atoms with Crippen LogP contribution in [0, 0.1) is 17.3 Å². The van der Waals surface area contributed by atoms with E-state index < -0.39 is 5.82 Å². The summed E-state index contributed by atoms with van der Waals surface area (Å²) in [6, 6.07) is 12.4. The number of aliphatic imine (C=N–C) groups is 1. The highest BCUT2D eigenvalue weighted by Crippen LogP contribution is 2.24. The zero-order valence-corrected chi connectivity index (χ0v) is 12.5. The highest BCUT2D eigenvalue weighted by atomic mass is 32.2. The normalized spacial score (nSPS) is 10.9. The Balaban J connectivity index is 2.49. The molecule has 0 heterocycles. The van der Waals surface area contributed by atoms with Crippen LogP contribution in [0.15, 0.2) is 53.5 Å². The second-order valence-corrected chi connectivity index (χ2v) is 5.01. The van der Waals surface area contributed by atoms with Gasteiger partial charge in [0.1, 0.15) is 5.82 Å². The maximum absolute atomic E-state index is 13.5. The van der Waals surface area contributed by atoms with Crippen LogP contribution in [0.25, 0.3) is 0 Å². The van der Waals surface area contributed by atoms with E-state index in [0.717, 1.165) is 6.07 Å². The van der Waals surface area contributed by atoms with Gasteiger partial charge in [-0.25, -0.2) is 9.38 Å². The molecule has 0 aromatic heterocycles. The molecule has 0 radical (unpaired) electrons. The minimum atomic E-state index is -0.517. The number of nitrogens with one attached hydrogen (secondary N) is 1. The van der Waals surface area contributed by atoms with Crippen LogP contribution in [-0.4, -0.2) is 17.2 Å². The van der Waals surface area contributed by atoms with Gasteiger partial charge in [-0.2, -0.15) is 5.26 Å². The molecule has 1 N–H and O–H groups in total. The van der Waals surface area contributed by atoms with E-state index in [9.17, 15) is 9.18 Å². The van der Waals surface area contributed by atoms with E-state index in [-0.39, 0.29) is 11.3 Å². The average Bonchev–Trinajstić information content (AvgIpc) is 2.56. The Labute approximate surface area is 131 Å². The van der Waals surface area contributed by atoms with Crippen molar-refractivity contribution in [2.75, 3.05) is 6.26 Å². The Hall–Kier alpha value is -2.65. The van der Waals surface area contributed by atoms with Crippen LogP contribution in [0.2, 0.25) is 0 Å². The summed E-state index contributed by atoms with van der Waals surface area (Å²) in [5.74, 6) is -0.839. The fourth-order valence-corrected chi connectivity index (χ4v) is 2.15. The van der Waals surface area contributed by atoms with Gasteiger partial charge >= 0.3 is 0 Å². The molecular formula is C16H12FN3OS. The summed E-state index contributed by atoms with van der Waals surface area (Å²) in [6.45, 7) is 0. The standard InChI is InChI=1S/C16H12FN3OS/c1-22-16(19-10-18)20-14-8-7-12(17)9-13(14)15(21)11-5-3-2-4-6-11/h2-9H,1H3,(H,19,20). The number of carbonyl (C=O) groups excluding carboxylic acids is 1. The van der Waals surface area contributed by atoms with Crippen LogP contribution in [0.1, 0.15) is 15.9 Å². The molecule has 0 saturated heterocycles. The molecule has 0 atom stereocenters. The van der Waals surface area contributed by atoms with E-state index in [4.69, 9.17) is 5.26 Å². The monoisotopic (exact) mass is 313 g/mol. The van der Waals surface area contributed by atoms with E-state index in [1.54, 1.807) is 42.8 Å². The smallest absolute Gasteiger partial charge is 0.195 e. The van der Waals surface area contributed by atoms with Crippen molar-refractivity contribution in [2.24, 2.45) is 4.99 Å². The van der Waals surface area contributed by atoms with Crippen LogP contribution >= 0.6 is 11.8 Å². The first kappa shape index (κ1) is 15.7. The number of benzene rings is 2. The predicted molar refractivity (Wildman–Crippen MR) is 85.6 cm³/mol. The zero-order valence-electron chi connectivity index (χ0n) is 11.7. The number of nitriles is 1. The van der Waals surface area contributed by atoms with Gasteiger partial charge in [-0.15, -0.1) is 0 Å². The third kappa shape index (κ3) is 3.71. The number of amidine groups is 1. The summed E-state index contributed by atoms with van der Waals surface area (Å²) in [5, 5.41) is 11.4. The minimum absolute atomic E-state index is 0.150. The molecule has 0 unspecified atom stereocenters. The topological polar surface area (TPSA) is 65.2 Å². The van der Waals surface area contributed by atoms with E-state index in [0.29, 0.717) is 16.4 Å². The Morgan fingerprint density at radius 3 is 2.64 bits per heavy atom. The summed E-state index contributed by atoms with van der Waals surface area (Å²) in [4.78, 5) is 16.7. The lowest BCUT2D eigenvalue weighted by Crippen LogP contribution is -2.13. The van der Waals surface area contributed by atoms with Gasteiger partial charge < -0.3 is 0 Å². The van der Waals surface area contributed by atoms with Crippen LogP contribution in [-0.2, 0) is 0 Å². The molecule has 0 aliphatic rings. The second kappa shape index (κ2) is 7.38. The maximum Gasteiger partial charge on any atom is 0.195 e. The molecule has 2 aromatic rings. The first-order valence-electron chi connectivity index (χ1n) is 6.33. The maximum atomic E-state index is 13.5. The predicted octanol–water partition coefficient (Wildman–Crippen LogP) is 3.48. The highest BCUT2D eigenvalue weighted by molar-refractivity contribution is 8.13. The lowest BCUT2D eigenvalue weighted by atomic mass is 10.0. The van der Waals surface area contributed by atoms with Crippen molar-refractivity contribution < 1.29 is 9.18 Å². The van der Waals surface area contributed by atoms with Crippen LogP contribution in [0.3, 0.4) is 0 Å². The van der Waals surface area contributed by atoms with Gasteiger partial charge in [-0.1, -0.05) is 42.1 Å². The molecule has 0 amide bonds. The van der Waals surface area contributed by atoms with Crippen LogP contribution in [0.4, 0.5) is 10.1 Å². The molecule has 2 aromatic carbocycles. The molecular weight excluding hydrogens is 301 g/mol. The number of carbonyl (C=O) groups is 1. The number of halogens is 1. The molecule has 0 bridgehead atoms. The van der Waals surface area contributed by atoms with Crippen LogP contribution < -0.4 is 5.32 Å². The minimum Gasteiger partial charge on any atom is -0.289 e. The van der Waals surface area contributed by atoms with E-state index in [1.807, 2.05) is 0 Å². The first-order chi connectivity index (χ1) is 10.7. The van der Waals surface area contributed by atoms with Gasteiger partial charge in [-0.3, -0.25) is 10.1 Å². The fraction of sp³-hybridized carbons (Fsp3) is 0.0625. The molecule has 22 heavy (non-hydrogen) atoms. The van der Waals surface area contributed by atoms with Crippen LogP contribution in [0.5, 0.6) is 0 Å². The van der Waals surface area contributed by atoms with Gasteiger partial charge in [0.2, 0.25) is 0 Å². The molecule has 0 aliphatic heterocycles. The average molecular weight is 313 g/mol. The van der Waals surface area contributed by atoms with Crippen molar-refractivity contribution >= 4 is 28.4 Å². The molecule has 6 heteroatoms. The van der Waals surface area contributed by atoms with E-state index in [1.165, 1.54) is 23.9 Å². The Morgan fingerprint density at radius 1 is 1.27 bits per heavy atom. The number of hydrogen-bond donors (Lipinski definition) is 1. The zero-order chi connectivity index (χ0) is 15.9. The molecule has 0 fully saturated rings. The highest BCUT2D eigenvalue weighted by Gasteiger charge is 2.15. The largest absolute Gasteiger partial charge is 0.289 e. The van der Waals surface area contributed by atoms with Crippen molar-refractivity contribution in [1.82, 2.24) is 5.32 Å². The molecule has 2 rings (SSSR count). The third-order valence-corrected chi connectivity index (χ3v) is 3.40. The van der Waals surface area contributed by atoms with Gasteiger partial charge in [-0.05, 0) is 24.5 Å². The Bertz CT molecular complexity index is 754. The number of thioether (sulfide) groups is 1. The summed E-state index contributed by atoms with van der Waals surface area (Å²) < 4.78 is 13.5. The Morgan fingerprint density at radius 2 is 2.00 bits per heavy atom. The van der Waals surface area contributed by atoms with Crippen molar-refractivity contribution in [2.45, 2.75) is 0 Å². The molecule has 0 aliphatic carbocycles. The van der Waals surface area contributed by atoms with Crippen molar-refractivity contribution in [3.8, 4) is 6.19 Å². The molecule has 110 valence electrons. The van der Waals surface area contributed by atoms with E-state index in [2.05, 4.69) is 10.3 Å². The summed E-state index contributed by atoms with van der Waals surface area (Å²) in [6.07, 6.45) is 3.51. The van der Waals surface area contributed by atoms with Crippen molar-refractivity contribution in [1.29, 1.82) is 5.26 Å². The van der Waals surface area contributed by atoms with Gasteiger partial charge in [0.05, 0.1) is 11.3 Å². The number of ketones is 1. The number of nitrogens with zero attached hydrogens (tertiary/aromatic N) is 2. The summed E-state index contributed by atoms with van der Waals surface area (Å²) in [5.41, 5.74) is 0.906. The van der Waals surface area contributed by atoms with Crippen molar-refractivity contribution in [3.05, 3.63) is 65.5 Å². The first-order valence-corrected chi connectivity index (χ1v) is 7.55. The number of hydrogen-bond acceptors (Lipinski definition) is 4. The molecule has 0 saturated carbocycles. The molecule has 0 spiro atoms. The van der Waals surface area contributed by atoms with Gasteiger partial charge in [0.25, 0.3) is 0 Å². The van der Waals surface area contributed by atoms with Gasteiger partial charge in [0, 0.05) is 5.56 Å². The van der Waals surface area contributed by atoms with Crippen molar-refractivity contribution in [3.63, 3.8) is 0 Å². The number of rotatable bonds is 3. The Kier molecular flexibility index (Phi) is 5.28. The quantitative estimate of drug-likeness (QED) is 0.310. The SMILES string of the molecule is CSC(=Nc1ccc(F)cc1C(=O)c1ccccc1)NC#N. The molecule has 4 nitrogen and oxygen atoms in total. The van der Waals surface area contributed by atoms with Gasteiger partial charge in [0.15, 0.2) is 17.1 Å². The van der Waals surface area contributed by atoms with E-state index >= 15 is 0 Å². The third-order valence-electron chi connectivity index (χ3n) is 2.82. The second-order valence-electron chi connectivity index (χ2n) is 4.21. The summed E-state index contributed by atoms with van der Waals surface area (Å²) >= 11 is 1.22. The fourth-order valence-electron chi connectivity index (χ4n) is 1.81. The lowest BCUT2D eigenvalue weighted by Gasteiger charge is -2.07.